The number of carbonyl (C=O) groups excluding carboxylic acids is 1. The van der Waals surface area contributed by atoms with Crippen LogP contribution in [0.25, 0.3) is 0 Å². The van der Waals surface area contributed by atoms with Crippen LogP contribution < -0.4 is 5.32 Å². The summed E-state index contributed by atoms with van der Waals surface area (Å²) in [6, 6.07) is 14.7. The van der Waals surface area contributed by atoms with Gasteiger partial charge in [0.1, 0.15) is 0 Å². The van der Waals surface area contributed by atoms with Gasteiger partial charge in [0.15, 0.2) is 0 Å². The van der Waals surface area contributed by atoms with Crippen LogP contribution in [0.4, 0.5) is 0 Å². The molecule has 0 bridgehead atoms. The summed E-state index contributed by atoms with van der Waals surface area (Å²) in [4.78, 5) is 12.2. The molecule has 0 aliphatic heterocycles. The van der Waals surface area contributed by atoms with Crippen molar-refractivity contribution >= 4 is 17.5 Å². The Kier molecular flexibility index (Phi) is 3.95. The monoisotopic (exact) mass is 301 g/mol. The minimum absolute atomic E-state index is 0.113. The van der Waals surface area contributed by atoms with Gasteiger partial charge in [-0.1, -0.05) is 48.0 Å². The van der Waals surface area contributed by atoms with E-state index in [1.165, 1.54) is 0 Å². The largest absolute Gasteiger partial charge is 0.390 e. The molecule has 1 aliphatic rings. The third-order valence-electron chi connectivity index (χ3n) is 3.77. The van der Waals surface area contributed by atoms with Gasteiger partial charge in [-0.2, -0.15) is 0 Å². The Labute approximate surface area is 128 Å². The molecule has 1 aliphatic carbocycles. The summed E-state index contributed by atoms with van der Waals surface area (Å²) < 4.78 is 0. The number of fused-ring (bicyclic) bond motifs is 1. The Balaban J connectivity index is 1.70. The van der Waals surface area contributed by atoms with Gasteiger partial charge >= 0.3 is 0 Å². The van der Waals surface area contributed by atoms with E-state index in [0.29, 0.717) is 11.4 Å². The van der Waals surface area contributed by atoms with Crippen LogP contribution in [-0.2, 0) is 17.6 Å². The molecule has 0 spiro atoms. The summed E-state index contributed by atoms with van der Waals surface area (Å²) in [7, 11) is 0. The minimum atomic E-state index is -0.564. The van der Waals surface area contributed by atoms with Crippen molar-refractivity contribution in [1.82, 2.24) is 5.32 Å². The number of aliphatic hydroxyl groups excluding tert-OH is 1. The Morgan fingerprint density at radius 1 is 1.24 bits per heavy atom. The van der Waals surface area contributed by atoms with Crippen LogP contribution in [0.2, 0.25) is 5.02 Å². The van der Waals surface area contributed by atoms with Crippen molar-refractivity contribution in [3.05, 3.63) is 70.2 Å². The zero-order valence-electron chi connectivity index (χ0n) is 11.4. The quantitative estimate of drug-likeness (QED) is 0.915. The van der Waals surface area contributed by atoms with Gasteiger partial charge in [0.05, 0.1) is 18.6 Å². The predicted octanol–water partition coefficient (Wildman–Crippen LogP) is 2.66. The molecule has 3 nitrogen and oxygen atoms in total. The van der Waals surface area contributed by atoms with E-state index in [2.05, 4.69) is 5.32 Å². The second kappa shape index (κ2) is 5.88. The summed E-state index contributed by atoms with van der Waals surface area (Å²) >= 11 is 5.92. The first-order valence-corrected chi connectivity index (χ1v) is 7.31. The molecule has 108 valence electrons. The SMILES string of the molecule is O=C(Cc1cccc(Cl)c1)N[C@@H]1c2ccccc2C[C@@H]1O. The van der Waals surface area contributed by atoms with Gasteiger partial charge in [-0.05, 0) is 28.8 Å². The minimum Gasteiger partial charge on any atom is -0.390 e. The van der Waals surface area contributed by atoms with Crippen LogP contribution >= 0.6 is 11.6 Å². The second-order valence-electron chi connectivity index (χ2n) is 5.32. The number of amides is 1. The molecule has 2 N–H and O–H groups in total. The number of hydrogen-bond acceptors (Lipinski definition) is 2. The highest BCUT2D eigenvalue weighted by Gasteiger charge is 2.31. The van der Waals surface area contributed by atoms with E-state index in [0.717, 1.165) is 16.7 Å². The highest BCUT2D eigenvalue weighted by molar-refractivity contribution is 6.30. The Hall–Kier alpha value is -1.84. The molecule has 21 heavy (non-hydrogen) atoms. The van der Waals surface area contributed by atoms with Gasteiger partial charge < -0.3 is 10.4 Å². The fraction of sp³-hybridized carbons (Fsp3) is 0.235. The topological polar surface area (TPSA) is 49.3 Å². The van der Waals surface area contributed by atoms with Crippen molar-refractivity contribution in [2.45, 2.75) is 25.0 Å². The normalized spacial score (nSPS) is 20.1. The lowest BCUT2D eigenvalue weighted by Crippen LogP contribution is -2.34. The molecule has 4 heteroatoms. The first kappa shape index (κ1) is 14.1. The number of hydrogen-bond donors (Lipinski definition) is 2. The molecule has 2 aromatic rings. The Bertz CT molecular complexity index is 671. The molecule has 1 amide bonds. The zero-order chi connectivity index (χ0) is 14.8. The molecule has 0 saturated heterocycles. The van der Waals surface area contributed by atoms with E-state index in [1.807, 2.05) is 36.4 Å². The van der Waals surface area contributed by atoms with Crippen molar-refractivity contribution in [1.29, 1.82) is 0 Å². The van der Waals surface area contributed by atoms with Crippen molar-refractivity contribution < 1.29 is 9.90 Å². The average Bonchev–Trinajstić information content (AvgIpc) is 2.75. The molecule has 0 heterocycles. The van der Waals surface area contributed by atoms with Gasteiger partial charge in [0.2, 0.25) is 5.91 Å². The summed E-state index contributed by atoms with van der Waals surface area (Å²) in [5.74, 6) is -0.113. The van der Waals surface area contributed by atoms with Crippen LogP contribution in [0.5, 0.6) is 0 Å². The summed E-state index contributed by atoms with van der Waals surface area (Å²) in [6.07, 6.45) is 0.273. The van der Waals surface area contributed by atoms with Gasteiger partial charge in [0.25, 0.3) is 0 Å². The van der Waals surface area contributed by atoms with E-state index in [1.54, 1.807) is 12.1 Å². The van der Waals surface area contributed by atoms with Crippen LogP contribution in [0.3, 0.4) is 0 Å². The predicted molar refractivity (Wildman–Crippen MR) is 82.2 cm³/mol. The highest BCUT2D eigenvalue weighted by atomic mass is 35.5. The first-order valence-electron chi connectivity index (χ1n) is 6.93. The molecule has 0 unspecified atom stereocenters. The molecule has 3 rings (SSSR count). The summed E-state index contributed by atoms with van der Waals surface area (Å²) in [5.41, 5.74) is 2.96. The fourth-order valence-electron chi connectivity index (χ4n) is 2.80. The van der Waals surface area contributed by atoms with Crippen LogP contribution in [0.1, 0.15) is 22.7 Å². The third-order valence-corrected chi connectivity index (χ3v) is 4.01. The number of nitrogens with one attached hydrogen (secondary N) is 1. The summed E-state index contributed by atoms with van der Waals surface area (Å²) in [5, 5.41) is 13.7. The number of benzene rings is 2. The van der Waals surface area contributed by atoms with Crippen LogP contribution in [0, 0.1) is 0 Å². The van der Waals surface area contributed by atoms with Crippen LogP contribution in [0.15, 0.2) is 48.5 Å². The van der Waals surface area contributed by atoms with Crippen molar-refractivity contribution in [2.24, 2.45) is 0 Å². The molecule has 2 aromatic carbocycles. The molecule has 2 atom stereocenters. The average molecular weight is 302 g/mol. The lowest BCUT2D eigenvalue weighted by molar-refractivity contribution is -0.121. The van der Waals surface area contributed by atoms with E-state index >= 15 is 0 Å². The van der Waals surface area contributed by atoms with Crippen molar-refractivity contribution in [2.75, 3.05) is 0 Å². The number of rotatable bonds is 3. The van der Waals surface area contributed by atoms with Crippen molar-refractivity contribution in [3.8, 4) is 0 Å². The van der Waals surface area contributed by atoms with Gasteiger partial charge in [-0.15, -0.1) is 0 Å². The number of aliphatic hydroxyl groups is 1. The smallest absolute Gasteiger partial charge is 0.224 e. The third kappa shape index (κ3) is 3.09. The van der Waals surface area contributed by atoms with Gasteiger partial charge in [0, 0.05) is 11.4 Å². The van der Waals surface area contributed by atoms with Gasteiger partial charge in [-0.3, -0.25) is 4.79 Å². The summed E-state index contributed by atoms with van der Waals surface area (Å²) in [6.45, 7) is 0. The lowest BCUT2D eigenvalue weighted by atomic mass is 10.1. The number of halogens is 1. The second-order valence-corrected chi connectivity index (χ2v) is 5.76. The Morgan fingerprint density at radius 2 is 2.05 bits per heavy atom. The standard InChI is InChI=1S/C17H16ClNO2/c18-13-6-3-4-11(8-13)9-16(21)19-17-14-7-2-1-5-12(14)10-15(17)20/h1-8,15,17,20H,9-10H2,(H,19,21)/t15-,17+/m0/s1. The maximum absolute atomic E-state index is 12.2. The fourth-order valence-corrected chi connectivity index (χ4v) is 3.02. The first-order chi connectivity index (χ1) is 10.1. The Morgan fingerprint density at radius 3 is 2.86 bits per heavy atom. The van der Waals surface area contributed by atoms with E-state index < -0.39 is 6.10 Å². The molecular weight excluding hydrogens is 286 g/mol. The molecule has 0 radical (unpaired) electrons. The molecular formula is C17H16ClNO2. The molecule has 0 aromatic heterocycles. The van der Waals surface area contributed by atoms with Gasteiger partial charge in [-0.25, -0.2) is 0 Å². The zero-order valence-corrected chi connectivity index (χ0v) is 12.2. The van der Waals surface area contributed by atoms with E-state index in [-0.39, 0.29) is 18.4 Å². The molecule has 0 saturated carbocycles. The number of carbonyl (C=O) groups is 1. The maximum atomic E-state index is 12.2. The highest BCUT2D eigenvalue weighted by Crippen LogP contribution is 2.31. The van der Waals surface area contributed by atoms with Crippen molar-refractivity contribution in [3.63, 3.8) is 0 Å². The lowest BCUT2D eigenvalue weighted by Gasteiger charge is -2.18. The van der Waals surface area contributed by atoms with Crippen LogP contribution in [-0.4, -0.2) is 17.1 Å². The molecule has 0 fully saturated rings. The maximum Gasteiger partial charge on any atom is 0.224 e. The van der Waals surface area contributed by atoms with E-state index in [9.17, 15) is 9.90 Å². The van der Waals surface area contributed by atoms with E-state index in [4.69, 9.17) is 11.6 Å².